The smallest absolute Gasteiger partial charge is 0.338 e. The van der Waals surface area contributed by atoms with Crippen molar-refractivity contribution in [2.75, 3.05) is 13.2 Å². The van der Waals surface area contributed by atoms with Gasteiger partial charge in [-0.1, -0.05) is 78.1 Å². The number of thiophene rings is 1. The maximum atomic E-state index is 14.2. The van der Waals surface area contributed by atoms with Gasteiger partial charge in [0.15, 0.2) is 4.80 Å². The summed E-state index contributed by atoms with van der Waals surface area (Å²) >= 11 is 2.73. The number of hydrogen-bond acceptors (Lipinski definition) is 9. The molecule has 2 aromatic heterocycles. The van der Waals surface area contributed by atoms with E-state index in [0.717, 1.165) is 21.6 Å². The van der Waals surface area contributed by atoms with Crippen LogP contribution in [0.4, 0.5) is 0 Å². The average molecular weight is 651 g/mol. The molecule has 1 atom stereocenters. The first kappa shape index (κ1) is 30.9. The zero-order valence-corrected chi connectivity index (χ0v) is 26.8. The van der Waals surface area contributed by atoms with Gasteiger partial charge in [-0.15, -0.1) is 11.3 Å². The summed E-state index contributed by atoms with van der Waals surface area (Å²) in [6.07, 6.45) is 1.80. The molecule has 0 aliphatic carbocycles. The van der Waals surface area contributed by atoms with E-state index in [1.165, 1.54) is 22.7 Å². The number of carbonyl (C=O) groups excluding carboxylic acids is 2. The molecule has 6 rings (SSSR count). The highest BCUT2D eigenvalue weighted by molar-refractivity contribution is 7.10. The summed E-state index contributed by atoms with van der Waals surface area (Å²) in [6, 6.07) is 27.1. The van der Waals surface area contributed by atoms with Crippen molar-refractivity contribution in [1.82, 2.24) is 4.57 Å². The third kappa shape index (κ3) is 6.35. The molecule has 10 heteroatoms. The molecule has 0 unspecified atom stereocenters. The van der Waals surface area contributed by atoms with E-state index < -0.39 is 12.0 Å². The highest BCUT2D eigenvalue weighted by Gasteiger charge is 2.35. The van der Waals surface area contributed by atoms with Crippen molar-refractivity contribution in [1.29, 1.82) is 0 Å². The molecule has 0 saturated heterocycles. The van der Waals surface area contributed by atoms with E-state index in [9.17, 15) is 14.4 Å². The normalized spacial score (nSPS) is 14.4. The maximum absolute atomic E-state index is 14.2. The van der Waals surface area contributed by atoms with Gasteiger partial charge < -0.3 is 14.2 Å². The van der Waals surface area contributed by atoms with Gasteiger partial charge in [-0.25, -0.2) is 14.6 Å². The van der Waals surface area contributed by atoms with Crippen LogP contribution in [0.1, 0.15) is 51.8 Å². The van der Waals surface area contributed by atoms with Crippen LogP contribution in [0.2, 0.25) is 0 Å². The molecule has 0 spiro atoms. The van der Waals surface area contributed by atoms with E-state index in [-0.39, 0.29) is 24.7 Å². The van der Waals surface area contributed by atoms with Crippen molar-refractivity contribution in [2.45, 2.75) is 26.5 Å². The summed E-state index contributed by atoms with van der Waals surface area (Å²) in [4.78, 5) is 45.9. The molecule has 0 fully saturated rings. The minimum atomic E-state index is -0.697. The summed E-state index contributed by atoms with van der Waals surface area (Å²) < 4.78 is 18.8. The highest BCUT2D eigenvalue weighted by atomic mass is 32.1. The molecule has 0 N–H and O–H groups in total. The summed E-state index contributed by atoms with van der Waals surface area (Å²) in [5.41, 5.74) is 3.38. The quantitative estimate of drug-likeness (QED) is 0.179. The molecule has 1 aliphatic rings. The number of thiazole rings is 1. The van der Waals surface area contributed by atoms with Gasteiger partial charge in [0.25, 0.3) is 5.56 Å². The lowest BCUT2D eigenvalue weighted by Gasteiger charge is -2.24. The van der Waals surface area contributed by atoms with Crippen LogP contribution in [-0.4, -0.2) is 29.7 Å². The minimum Gasteiger partial charge on any atom is -0.488 e. The second kappa shape index (κ2) is 13.9. The fourth-order valence-electron chi connectivity index (χ4n) is 5.14. The molecular formula is C36H30N2O6S2. The topological polar surface area (TPSA) is 96.2 Å². The van der Waals surface area contributed by atoms with E-state index >= 15 is 0 Å². The molecule has 0 amide bonds. The largest absolute Gasteiger partial charge is 0.488 e. The molecule has 3 heterocycles. The Morgan fingerprint density at radius 3 is 2.30 bits per heavy atom. The van der Waals surface area contributed by atoms with Gasteiger partial charge in [-0.05, 0) is 55.1 Å². The van der Waals surface area contributed by atoms with Gasteiger partial charge in [0, 0.05) is 16.0 Å². The molecule has 0 bridgehead atoms. The third-order valence-electron chi connectivity index (χ3n) is 7.25. The lowest BCUT2D eigenvalue weighted by molar-refractivity contribution is -0.138. The number of para-hydroxylation sites is 1. The fraction of sp³-hybridized carbons (Fsp3) is 0.167. The molecule has 3 aromatic carbocycles. The standard InChI is InChI=1S/C36H30N2O6S2/c1-3-42-34(40)25-18-16-23(17-19-25)22-44-27-14-9-8-13-26(27)21-29-33(39)38-32(28-15-10-20-45-28)30(35(41)43-4-2)31(37-36(38)46-29)24-11-6-5-7-12-24/h5-21,32H,3-4,22H2,1-2H3/b29-21-/t32-/m0/s1. The number of fused-ring (bicyclic) bond motifs is 1. The van der Waals surface area contributed by atoms with Crippen LogP contribution in [0, 0.1) is 0 Å². The number of ether oxygens (including phenoxy) is 3. The Bertz CT molecular complexity index is 2080. The Morgan fingerprint density at radius 1 is 0.870 bits per heavy atom. The molecule has 0 saturated carbocycles. The van der Waals surface area contributed by atoms with Gasteiger partial charge in [-0.3, -0.25) is 9.36 Å². The minimum absolute atomic E-state index is 0.193. The van der Waals surface area contributed by atoms with E-state index in [2.05, 4.69) is 0 Å². The Kier molecular flexibility index (Phi) is 9.37. The highest BCUT2D eigenvalue weighted by Crippen LogP contribution is 2.36. The van der Waals surface area contributed by atoms with E-state index in [0.29, 0.717) is 38.5 Å². The molecule has 46 heavy (non-hydrogen) atoms. The van der Waals surface area contributed by atoms with Crippen molar-refractivity contribution in [3.05, 3.63) is 149 Å². The third-order valence-corrected chi connectivity index (χ3v) is 9.16. The number of rotatable bonds is 10. The zero-order valence-electron chi connectivity index (χ0n) is 25.2. The lowest BCUT2D eigenvalue weighted by Crippen LogP contribution is -2.39. The van der Waals surface area contributed by atoms with E-state index in [1.807, 2.05) is 84.2 Å². The second-order valence-corrected chi connectivity index (χ2v) is 12.2. The summed E-state index contributed by atoms with van der Waals surface area (Å²) in [7, 11) is 0. The fourth-order valence-corrected chi connectivity index (χ4v) is 6.96. The number of carbonyl (C=O) groups is 2. The van der Waals surface area contributed by atoms with Crippen LogP contribution in [0.5, 0.6) is 5.75 Å². The first-order valence-electron chi connectivity index (χ1n) is 14.8. The van der Waals surface area contributed by atoms with Crippen LogP contribution < -0.4 is 19.6 Å². The number of aromatic nitrogens is 1. The van der Waals surface area contributed by atoms with Crippen LogP contribution >= 0.6 is 22.7 Å². The van der Waals surface area contributed by atoms with E-state index in [4.69, 9.17) is 19.2 Å². The van der Waals surface area contributed by atoms with Crippen molar-refractivity contribution in [3.63, 3.8) is 0 Å². The molecule has 8 nitrogen and oxygen atoms in total. The number of nitrogens with zero attached hydrogens (tertiary/aromatic N) is 2. The Labute approximate surface area is 273 Å². The monoisotopic (exact) mass is 650 g/mol. The predicted molar refractivity (Wildman–Crippen MR) is 179 cm³/mol. The Hall–Kier alpha value is -5.06. The first-order valence-corrected chi connectivity index (χ1v) is 16.5. The summed E-state index contributed by atoms with van der Waals surface area (Å²) in [5.74, 6) is -0.282. The van der Waals surface area contributed by atoms with E-state index in [1.54, 1.807) is 36.6 Å². The first-order chi connectivity index (χ1) is 22.5. The van der Waals surface area contributed by atoms with Crippen LogP contribution in [0.15, 0.2) is 112 Å². The zero-order chi connectivity index (χ0) is 32.0. The summed E-state index contributed by atoms with van der Waals surface area (Å²) in [5, 5.41) is 1.92. The van der Waals surface area contributed by atoms with Gasteiger partial charge in [0.1, 0.15) is 18.4 Å². The van der Waals surface area contributed by atoms with Gasteiger partial charge >= 0.3 is 11.9 Å². The number of esters is 2. The van der Waals surface area contributed by atoms with Crippen molar-refractivity contribution >= 4 is 46.4 Å². The SMILES string of the molecule is CCOC(=O)C1=C(c2ccccc2)N=c2s/c(=C\c3ccccc3OCc3ccc(C(=O)OCC)cc3)c(=O)n2[C@H]1c1cccs1. The maximum Gasteiger partial charge on any atom is 0.338 e. The van der Waals surface area contributed by atoms with Crippen molar-refractivity contribution < 1.29 is 23.8 Å². The molecular weight excluding hydrogens is 621 g/mol. The molecule has 1 aliphatic heterocycles. The van der Waals surface area contributed by atoms with Gasteiger partial charge in [0.2, 0.25) is 0 Å². The Morgan fingerprint density at radius 2 is 1.59 bits per heavy atom. The van der Waals surface area contributed by atoms with Crippen LogP contribution in [0.25, 0.3) is 11.8 Å². The van der Waals surface area contributed by atoms with Crippen LogP contribution in [0.3, 0.4) is 0 Å². The lowest BCUT2D eigenvalue weighted by atomic mass is 9.97. The average Bonchev–Trinajstić information content (AvgIpc) is 3.73. The van der Waals surface area contributed by atoms with Gasteiger partial charge in [-0.2, -0.15) is 0 Å². The number of hydrogen-bond donors (Lipinski definition) is 0. The Balaban J connectivity index is 1.40. The molecule has 232 valence electrons. The predicted octanol–water partition coefficient (Wildman–Crippen LogP) is 5.75. The van der Waals surface area contributed by atoms with Crippen molar-refractivity contribution in [2.24, 2.45) is 4.99 Å². The van der Waals surface area contributed by atoms with Crippen molar-refractivity contribution in [3.8, 4) is 5.75 Å². The molecule has 5 aromatic rings. The van der Waals surface area contributed by atoms with Crippen LogP contribution in [-0.2, 0) is 20.9 Å². The summed E-state index contributed by atoms with van der Waals surface area (Å²) in [6.45, 7) is 4.29. The molecule has 0 radical (unpaired) electrons. The second-order valence-electron chi connectivity index (χ2n) is 10.2. The van der Waals surface area contributed by atoms with Gasteiger partial charge in [0.05, 0.1) is 34.6 Å². The number of benzene rings is 3.